The van der Waals surface area contributed by atoms with Crippen molar-refractivity contribution in [2.24, 2.45) is 4.99 Å². The molecule has 0 fully saturated rings. The van der Waals surface area contributed by atoms with E-state index < -0.39 is 19.9 Å². The fourth-order valence-corrected chi connectivity index (χ4v) is 7.79. The molecular formula is C37H43FN6O5S2Si. The van der Waals surface area contributed by atoms with Gasteiger partial charge in [0.15, 0.2) is 38.8 Å². The lowest BCUT2D eigenvalue weighted by atomic mass is 10.2. The first kappa shape index (κ1) is 38.8. The van der Waals surface area contributed by atoms with Crippen molar-refractivity contribution in [3.63, 3.8) is 0 Å². The summed E-state index contributed by atoms with van der Waals surface area (Å²) in [6.07, 6.45) is 0.959. The van der Waals surface area contributed by atoms with Crippen LogP contribution in [0.25, 0.3) is 10.2 Å². The molecule has 52 heavy (non-hydrogen) atoms. The molecular weight excluding hydrogens is 720 g/mol. The van der Waals surface area contributed by atoms with E-state index in [4.69, 9.17) is 24.3 Å². The van der Waals surface area contributed by atoms with Crippen molar-refractivity contribution in [3.05, 3.63) is 80.8 Å². The minimum atomic E-state index is -1.22. The normalized spacial score (nSPS) is 11.8. The first-order valence-electron chi connectivity index (χ1n) is 16.9. The summed E-state index contributed by atoms with van der Waals surface area (Å²) in [5, 5.41) is 18.4. The highest BCUT2D eigenvalue weighted by atomic mass is 32.1. The minimum Gasteiger partial charge on any atom is -0.491 e. The molecule has 11 nitrogen and oxygen atoms in total. The first-order valence-corrected chi connectivity index (χ1v) is 22.3. The summed E-state index contributed by atoms with van der Waals surface area (Å²) < 4.78 is 34.8. The second-order valence-electron chi connectivity index (χ2n) is 13.1. The van der Waals surface area contributed by atoms with Gasteiger partial charge in [0.1, 0.15) is 13.3 Å². The standard InChI is InChI=1S/C37H43FN6O5S2Si/c1-7-48-35(46)33-31(15-11-19-49-29-17-16-26(12-10-18-45)23-27(29)38)51-36(39-33)43(3)32-22-25(2)34(42-41-32)40-37-44(24-47-20-21-52(4,5)6)28-13-8-9-14-30(28)50-37/h8-9,13-14,16-17,22-23,45H,7,11,15,18-21,24H2,1-6H3. The van der Waals surface area contributed by atoms with Gasteiger partial charge in [-0.05, 0) is 74.7 Å². The molecule has 0 atom stereocenters. The Morgan fingerprint density at radius 2 is 1.92 bits per heavy atom. The highest BCUT2D eigenvalue weighted by molar-refractivity contribution is 7.16. The Kier molecular flexibility index (Phi) is 13.3. The molecule has 0 spiro atoms. The average Bonchev–Trinajstić information content (AvgIpc) is 3.70. The summed E-state index contributed by atoms with van der Waals surface area (Å²) in [4.78, 5) is 25.7. The van der Waals surface area contributed by atoms with Crippen LogP contribution in [-0.2, 0) is 22.6 Å². The van der Waals surface area contributed by atoms with Crippen LogP contribution in [0.4, 0.5) is 21.2 Å². The summed E-state index contributed by atoms with van der Waals surface area (Å²) in [7, 11) is 0.595. The molecule has 0 aliphatic rings. The van der Waals surface area contributed by atoms with Gasteiger partial charge >= 0.3 is 5.97 Å². The molecule has 0 radical (unpaired) electrons. The maximum atomic E-state index is 14.5. The Balaban J connectivity index is 1.32. The number of halogens is 1. The van der Waals surface area contributed by atoms with E-state index in [0.717, 1.165) is 31.5 Å². The van der Waals surface area contributed by atoms with Crippen LogP contribution in [0.5, 0.6) is 5.75 Å². The van der Waals surface area contributed by atoms with Crippen LogP contribution in [0.15, 0.2) is 53.5 Å². The number of aryl methyl sites for hydroxylation is 2. The quantitative estimate of drug-likeness (QED) is 0.0509. The van der Waals surface area contributed by atoms with Gasteiger partial charge in [0, 0.05) is 32.2 Å². The van der Waals surface area contributed by atoms with Gasteiger partial charge in [-0.25, -0.2) is 14.2 Å². The van der Waals surface area contributed by atoms with E-state index in [1.165, 1.54) is 23.5 Å². The third kappa shape index (κ3) is 10.1. The van der Waals surface area contributed by atoms with Crippen molar-refractivity contribution in [1.29, 1.82) is 0 Å². The lowest BCUT2D eigenvalue weighted by molar-refractivity contribution is 0.0519. The van der Waals surface area contributed by atoms with Crippen molar-refractivity contribution < 1.29 is 28.5 Å². The van der Waals surface area contributed by atoms with Crippen molar-refractivity contribution >= 4 is 63.7 Å². The molecule has 0 saturated carbocycles. The summed E-state index contributed by atoms with van der Waals surface area (Å²) >= 11 is 2.92. The number of nitrogens with zero attached hydrogens (tertiary/aromatic N) is 6. The van der Waals surface area contributed by atoms with E-state index in [-0.39, 0.29) is 31.3 Å². The maximum absolute atomic E-state index is 14.5. The predicted molar refractivity (Wildman–Crippen MR) is 206 cm³/mol. The number of aliphatic hydroxyl groups is 1. The van der Waals surface area contributed by atoms with Crippen molar-refractivity contribution in [2.75, 3.05) is 38.4 Å². The van der Waals surface area contributed by atoms with Crippen molar-refractivity contribution in [1.82, 2.24) is 19.7 Å². The monoisotopic (exact) mass is 762 g/mol. The van der Waals surface area contributed by atoms with E-state index in [2.05, 4.69) is 63.4 Å². The molecule has 274 valence electrons. The number of benzene rings is 2. The molecule has 5 aromatic rings. The van der Waals surface area contributed by atoms with Crippen LogP contribution in [-0.4, -0.2) is 72.4 Å². The van der Waals surface area contributed by atoms with Crippen LogP contribution in [0.1, 0.15) is 39.8 Å². The second kappa shape index (κ2) is 17.8. The Morgan fingerprint density at radius 3 is 2.65 bits per heavy atom. The number of carbonyl (C=O) groups is 1. The number of esters is 1. The molecule has 5 rings (SSSR count). The molecule has 0 aliphatic carbocycles. The SMILES string of the molecule is CCOC(=O)c1nc(N(C)c2cc(C)c(N=c3sc4ccccc4n3COCC[Si](C)(C)C)nn2)sc1CCCOc1ccc(C#CCO)cc1F. The number of hydrogen-bond donors (Lipinski definition) is 1. The van der Waals surface area contributed by atoms with E-state index >= 15 is 0 Å². The second-order valence-corrected chi connectivity index (χ2v) is 20.7. The number of rotatable bonds is 15. The van der Waals surface area contributed by atoms with Gasteiger partial charge in [0.2, 0.25) is 0 Å². The molecule has 0 amide bonds. The first-order chi connectivity index (χ1) is 25.0. The molecule has 15 heteroatoms. The zero-order valence-corrected chi connectivity index (χ0v) is 32.9. The van der Waals surface area contributed by atoms with E-state index in [9.17, 15) is 9.18 Å². The number of aromatic nitrogens is 4. The van der Waals surface area contributed by atoms with Crippen LogP contribution in [0.3, 0.4) is 0 Å². The Hall–Kier alpha value is -4.46. The summed E-state index contributed by atoms with van der Waals surface area (Å²) in [5.41, 5.74) is 2.54. The molecule has 3 aromatic heterocycles. The van der Waals surface area contributed by atoms with E-state index in [1.807, 2.05) is 32.2 Å². The molecule has 3 heterocycles. The Labute approximate surface area is 311 Å². The fraction of sp³-hybridized carbons (Fsp3) is 0.378. The number of aliphatic hydroxyl groups excluding tert-OH is 1. The zero-order chi connectivity index (χ0) is 37.3. The van der Waals surface area contributed by atoms with Gasteiger partial charge in [-0.2, -0.15) is 4.99 Å². The van der Waals surface area contributed by atoms with Crippen molar-refractivity contribution in [3.8, 4) is 17.6 Å². The van der Waals surface area contributed by atoms with Gasteiger partial charge in [0.05, 0.1) is 23.4 Å². The Morgan fingerprint density at radius 1 is 1.12 bits per heavy atom. The summed E-state index contributed by atoms with van der Waals surface area (Å²) in [5.74, 6) is 5.24. The average molecular weight is 763 g/mol. The van der Waals surface area contributed by atoms with Crippen LogP contribution < -0.4 is 14.4 Å². The Bertz CT molecular complexity index is 2150. The molecule has 0 aliphatic heterocycles. The number of fused-ring (bicyclic) bond motifs is 1. The van der Waals surface area contributed by atoms with Crippen LogP contribution in [0.2, 0.25) is 25.7 Å². The number of anilines is 2. The van der Waals surface area contributed by atoms with Gasteiger partial charge in [-0.3, -0.25) is 4.57 Å². The molecule has 2 aromatic carbocycles. The minimum absolute atomic E-state index is 0.0991. The zero-order valence-electron chi connectivity index (χ0n) is 30.2. The van der Waals surface area contributed by atoms with Crippen LogP contribution in [0, 0.1) is 24.6 Å². The van der Waals surface area contributed by atoms with E-state index in [0.29, 0.717) is 48.5 Å². The fourth-order valence-electron chi connectivity index (χ4n) is 4.96. The molecule has 0 unspecified atom stereocenters. The van der Waals surface area contributed by atoms with Gasteiger partial charge in [0.25, 0.3) is 0 Å². The lowest BCUT2D eigenvalue weighted by Gasteiger charge is -2.16. The number of ether oxygens (including phenoxy) is 3. The maximum Gasteiger partial charge on any atom is 0.358 e. The molecule has 1 N–H and O–H groups in total. The number of thiazole rings is 2. The van der Waals surface area contributed by atoms with Crippen LogP contribution >= 0.6 is 22.7 Å². The van der Waals surface area contributed by atoms with Crippen molar-refractivity contribution in [2.45, 2.75) is 59.1 Å². The topological polar surface area (TPSA) is 124 Å². The largest absolute Gasteiger partial charge is 0.491 e. The summed E-state index contributed by atoms with van der Waals surface area (Å²) in [6.45, 7) is 11.9. The smallest absolute Gasteiger partial charge is 0.358 e. The predicted octanol–water partition coefficient (Wildman–Crippen LogP) is 7.24. The van der Waals surface area contributed by atoms with Gasteiger partial charge in [-0.15, -0.1) is 21.5 Å². The third-order valence-corrected chi connectivity index (χ3v) is 11.7. The third-order valence-electron chi connectivity index (χ3n) is 7.79. The highest BCUT2D eigenvalue weighted by Gasteiger charge is 2.23. The number of para-hydroxylation sites is 1. The lowest BCUT2D eigenvalue weighted by Crippen LogP contribution is -2.23. The van der Waals surface area contributed by atoms with E-state index in [1.54, 1.807) is 29.2 Å². The summed E-state index contributed by atoms with van der Waals surface area (Å²) in [6, 6.07) is 15.5. The van der Waals surface area contributed by atoms with Gasteiger partial charge < -0.3 is 24.2 Å². The highest BCUT2D eigenvalue weighted by Crippen LogP contribution is 2.32. The number of carbonyl (C=O) groups excluding carboxylic acids is 1. The number of hydrogen-bond acceptors (Lipinski definition) is 12. The van der Waals surface area contributed by atoms with Gasteiger partial charge in [-0.1, -0.05) is 55.0 Å². The molecule has 0 saturated heterocycles. The molecule has 0 bridgehead atoms.